The fourth-order valence-corrected chi connectivity index (χ4v) is 3.65. The summed E-state index contributed by atoms with van der Waals surface area (Å²) in [5, 5.41) is 22.4. The van der Waals surface area contributed by atoms with Crippen molar-refractivity contribution in [2.45, 2.75) is 5.03 Å². The van der Waals surface area contributed by atoms with Gasteiger partial charge in [-0.3, -0.25) is 4.79 Å². The number of ether oxygens (including phenoxy) is 2. The Bertz CT molecular complexity index is 954. The molecule has 0 aliphatic rings. The molecule has 0 saturated carbocycles. The number of anilines is 1. The summed E-state index contributed by atoms with van der Waals surface area (Å²) in [5.74, 6) is 0.907. The number of nitrogens with zero attached hydrogens (tertiary/aromatic N) is 3. The van der Waals surface area contributed by atoms with Crippen molar-refractivity contribution in [2.24, 2.45) is 0 Å². The largest absolute Gasteiger partial charge is 0.491 e. The average molecular weight is 523 g/mol. The van der Waals surface area contributed by atoms with E-state index in [4.69, 9.17) is 9.47 Å². The maximum atomic E-state index is 11.6. The molecule has 0 spiro atoms. The molecule has 0 unspecified atom stereocenters. The van der Waals surface area contributed by atoms with Crippen molar-refractivity contribution >= 4 is 46.4 Å². The van der Waals surface area contributed by atoms with E-state index in [9.17, 15) is 15.3 Å². The topological polar surface area (TPSA) is 120 Å². The van der Waals surface area contributed by atoms with E-state index in [1.165, 1.54) is 0 Å². The number of carbonyl (C=O) groups excluding carboxylic acids is 1. The van der Waals surface area contributed by atoms with Crippen LogP contribution in [0.5, 0.6) is 5.75 Å². The van der Waals surface area contributed by atoms with E-state index in [0.717, 1.165) is 11.8 Å². The first-order valence-electron chi connectivity index (χ1n) is 8.39. The van der Waals surface area contributed by atoms with E-state index in [1.807, 2.05) is 22.9 Å². The predicted molar refractivity (Wildman–Crippen MR) is 119 cm³/mol. The lowest BCUT2D eigenvalue weighted by molar-refractivity contribution is -0.118. The van der Waals surface area contributed by atoms with Crippen LogP contribution in [0, 0.1) is 22.7 Å². The summed E-state index contributed by atoms with van der Waals surface area (Å²) in [6.45, 7) is 0.890. The number of pyridine rings is 1. The van der Waals surface area contributed by atoms with Crippen LogP contribution in [-0.4, -0.2) is 44.0 Å². The SMILES string of the molecule is CNC(=O)CSc1nc(NI)c(C#N)c(-c2ccc(OCCOC)cc2)c1C#N. The van der Waals surface area contributed by atoms with Gasteiger partial charge in [0.2, 0.25) is 5.91 Å². The highest BCUT2D eigenvalue weighted by Gasteiger charge is 2.22. The molecule has 150 valence electrons. The van der Waals surface area contributed by atoms with Crippen molar-refractivity contribution < 1.29 is 14.3 Å². The molecule has 0 atom stereocenters. The molecule has 0 radical (unpaired) electrons. The summed E-state index contributed by atoms with van der Waals surface area (Å²) in [7, 11) is 3.14. The standard InChI is InChI=1S/C19H18IN5O3S/c1-23-16(26)11-29-19-15(10-22)17(14(9-21)18(24-19)25-20)12-3-5-13(6-4-12)28-8-7-27-2/h3-6H,7-8,11H2,1-2H3,(H,23,26)(H,24,25). The normalized spacial score (nSPS) is 9.97. The lowest BCUT2D eigenvalue weighted by Crippen LogP contribution is -2.20. The van der Waals surface area contributed by atoms with Gasteiger partial charge in [0.25, 0.3) is 0 Å². The van der Waals surface area contributed by atoms with Crippen LogP contribution in [0.3, 0.4) is 0 Å². The van der Waals surface area contributed by atoms with Gasteiger partial charge in [-0.15, -0.1) is 0 Å². The summed E-state index contributed by atoms with van der Waals surface area (Å²) in [5.41, 5.74) is 1.65. The molecule has 2 rings (SSSR count). The second-order valence-corrected chi connectivity index (χ2v) is 7.04. The number of rotatable bonds is 9. The number of nitrogens with one attached hydrogen (secondary N) is 2. The van der Waals surface area contributed by atoms with E-state index in [1.54, 1.807) is 38.4 Å². The molecule has 29 heavy (non-hydrogen) atoms. The molecule has 2 N–H and O–H groups in total. The Morgan fingerprint density at radius 2 is 1.90 bits per heavy atom. The Balaban J connectivity index is 2.52. The van der Waals surface area contributed by atoms with Crippen LogP contribution in [0.4, 0.5) is 5.82 Å². The van der Waals surface area contributed by atoms with Crippen molar-refractivity contribution in [3.05, 3.63) is 35.4 Å². The molecule has 0 aliphatic heterocycles. The Labute approximate surface area is 187 Å². The number of aromatic nitrogens is 1. The molecule has 0 aliphatic carbocycles. The van der Waals surface area contributed by atoms with Gasteiger partial charge < -0.3 is 18.3 Å². The van der Waals surface area contributed by atoms with Gasteiger partial charge in [0.05, 0.1) is 40.8 Å². The maximum Gasteiger partial charge on any atom is 0.230 e. The number of benzene rings is 1. The third-order valence-corrected chi connectivity index (χ3v) is 5.28. The third-order valence-electron chi connectivity index (χ3n) is 3.80. The fourth-order valence-electron chi connectivity index (χ4n) is 2.40. The highest BCUT2D eigenvalue weighted by Crippen LogP contribution is 2.37. The Hall–Kier alpha value is -2.54. The molecule has 0 bridgehead atoms. The van der Waals surface area contributed by atoms with Gasteiger partial charge in [0, 0.05) is 19.7 Å². The number of amides is 1. The van der Waals surface area contributed by atoms with Gasteiger partial charge >= 0.3 is 0 Å². The molecule has 0 saturated heterocycles. The number of methoxy groups -OCH3 is 1. The summed E-state index contributed by atoms with van der Waals surface area (Å²) in [4.78, 5) is 16.0. The zero-order chi connectivity index (χ0) is 21.2. The van der Waals surface area contributed by atoms with E-state index in [-0.39, 0.29) is 22.8 Å². The smallest absolute Gasteiger partial charge is 0.230 e. The van der Waals surface area contributed by atoms with E-state index in [0.29, 0.717) is 40.9 Å². The highest BCUT2D eigenvalue weighted by molar-refractivity contribution is 14.1. The molecule has 10 heteroatoms. The van der Waals surface area contributed by atoms with Gasteiger partial charge in [-0.2, -0.15) is 10.5 Å². The molecular weight excluding hydrogens is 505 g/mol. The van der Waals surface area contributed by atoms with E-state index in [2.05, 4.69) is 26.0 Å². The number of thioether (sulfide) groups is 1. The van der Waals surface area contributed by atoms with Crippen molar-refractivity contribution in [3.8, 4) is 29.0 Å². The van der Waals surface area contributed by atoms with Gasteiger partial charge in [0.15, 0.2) is 5.82 Å². The molecule has 1 heterocycles. The number of hydrogen-bond donors (Lipinski definition) is 2. The van der Waals surface area contributed by atoms with Gasteiger partial charge in [-0.1, -0.05) is 23.9 Å². The van der Waals surface area contributed by atoms with Gasteiger partial charge in [-0.25, -0.2) is 4.98 Å². The minimum absolute atomic E-state index is 0.108. The summed E-state index contributed by atoms with van der Waals surface area (Å²) >= 11 is 3.03. The molecule has 0 fully saturated rings. The zero-order valence-electron chi connectivity index (χ0n) is 15.8. The predicted octanol–water partition coefficient (Wildman–Crippen LogP) is 3.12. The number of hydrogen-bond acceptors (Lipinski definition) is 8. The van der Waals surface area contributed by atoms with Crippen LogP contribution in [0.1, 0.15) is 11.1 Å². The Morgan fingerprint density at radius 3 is 2.45 bits per heavy atom. The second-order valence-electron chi connectivity index (χ2n) is 5.54. The summed E-state index contributed by atoms with van der Waals surface area (Å²) in [6, 6.07) is 11.4. The summed E-state index contributed by atoms with van der Waals surface area (Å²) < 4.78 is 13.4. The molecule has 1 aromatic heterocycles. The minimum Gasteiger partial charge on any atom is -0.491 e. The quantitative estimate of drug-likeness (QED) is 0.223. The van der Waals surface area contributed by atoms with Crippen LogP contribution < -0.4 is 13.6 Å². The molecule has 8 nitrogen and oxygen atoms in total. The number of nitriles is 2. The van der Waals surface area contributed by atoms with Crippen molar-refractivity contribution in [1.82, 2.24) is 10.3 Å². The minimum atomic E-state index is -0.187. The van der Waals surface area contributed by atoms with Gasteiger partial charge in [-0.05, 0) is 17.7 Å². The van der Waals surface area contributed by atoms with E-state index < -0.39 is 0 Å². The van der Waals surface area contributed by atoms with Crippen LogP contribution in [0.2, 0.25) is 0 Å². The van der Waals surface area contributed by atoms with Crippen molar-refractivity contribution in [2.75, 3.05) is 36.7 Å². The molecule has 1 amide bonds. The number of carbonyl (C=O) groups is 1. The number of halogens is 1. The third kappa shape index (κ3) is 5.73. The molecule has 2 aromatic rings. The van der Waals surface area contributed by atoms with Crippen LogP contribution in [-0.2, 0) is 9.53 Å². The first kappa shape index (κ1) is 22.7. The van der Waals surface area contributed by atoms with Gasteiger partial charge in [0.1, 0.15) is 35.1 Å². The first-order chi connectivity index (χ1) is 14.1. The lowest BCUT2D eigenvalue weighted by Gasteiger charge is -2.14. The molecule has 1 aromatic carbocycles. The van der Waals surface area contributed by atoms with Crippen LogP contribution >= 0.6 is 34.6 Å². The second kappa shape index (κ2) is 11.5. The van der Waals surface area contributed by atoms with Crippen molar-refractivity contribution in [1.29, 1.82) is 10.5 Å². The Kier molecular flexibility index (Phi) is 8.99. The first-order valence-corrected chi connectivity index (χ1v) is 10.5. The summed E-state index contributed by atoms with van der Waals surface area (Å²) in [6.07, 6.45) is 0. The monoisotopic (exact) mass is 523 g/mol. The zero-order valence-corrected chi connectivity index (χ0v) is 18.8. The lowest BCUT2D eigenvalue weighted by atomic mass is 9.97. The Morgan fingerprint density at radius 1 is 1.21 bits per heavy atom. The van der Waals surface area contributed by atoms with E-state index >= 15 is 0 Å². The fraction of sp³-hybridized carbons (Fsp3) is 0.263. The highest BCUT2D eigenvalue weighted by atomic mass is 127. The van der Waals surface area contributed by atoms with Crippen LogP contribution in [0.15, 0.2) is 29.3 Å². The van der Waals surface area contributed by atoms with Crippen molar-refractivity contribution in [3.63, 3.8) is 0 Å². The maximum absolute atomic E-state index is 11.6. The molecular formula is C19H18IN5O3S. The van der Waals surface area contributed by atoms with Crippen LogP contribution in [0.25, 0.3) is 11.1 Å². The average Bonchev–Trinajstić information content (AvgIpc) is 2.76.